The van der Waals surface area contributed by atoms with Gasteiger partial charge < -0.3 is 14.8 Å². The molecule has 1 aromatic carbocycles. The van der Waals surface area contributed by atoms with Crippen molar-refractivity contribution >= 4 is 11.4 Å². The number of benzene rings is 1. The van der Waals surface area contributed by atoms with Crippen molar-refractivity contribution < 1.29 is 9.94 Å². The summed E-state index contributed by atoms with van der Waals surface area (Å²) >= 11 is 0. The third kappa shape index (κ3) is 6.25. The Balaban J connectivity index is 1.32. The molecule has 0 bridgehead atoms. The Kier molecular flexibility index (Phi) is 8.13. The van der Waals surface area contributed by atoms with Crippen molar-refractivity contribution in [2.45, 2.75) is 65.5 Å². The van der Waals surface area contributed by atoms with Gasteiger partial charge in [-0.1, -0.05) is 40.7 Å². The molecule has 2 aromatic heterocycles. The van der Waals surface area contributed by atoms with Gasteiger partial charge in [0.25, 0.3) is 0 Å². The molecule has 0 spiro atoms. The number of nitrogens with zero attached hydrogens (tertiary/aromatic N) is 6. The lowest BCUT2D eigenvalue weighted by Gasteiger charge is -2.31. The summed E-state index contributed by atoms with van der Waals surface area (Å²) in [5.74, 6) is 0. The summed E-state index contributed by atoms with van der Waals surface area (Å²) in [6.07, 6.45) is 5.17. The van der Waals surface area contributed by atoms with Crippen molar-refractivity contribution in [3.05, 3.63) is 70.8 Å². The van der Waals surface area contributed by atoms with Crippen LogP contribution in [0.25, 0.3) is 0 Å². The smallest absolute Gasteiger partial charge is 0.169 e. The molecule has 1 N–H and O–H groups in total. The van der Waals surface area contributed by atoms with Crippen LogP contribution in [0.2, 0.25) is 0 Å². The van der Waals surface area contributed by atoms with Gasteiger partial charge in [0.05, 0.1) is 35.9 Å². The molecule has 0 unspecified atom stereocenters. The van der Waals surface area contributed by atoms with Crippen LogP contribution in [0.4, 0.5) is 5.69 Å². The van der Waals surface area contributed by atoms with Gasteiger partial charge in [0.15, 0.2) is 6.10 Å². The molecule has 0 amide bonds. The molecule has 3 aromatic rings. The summed E-state index contributed by atoms with van der Waals surface area (Å²) in [6, 6.07) is 12.2. The van der Waals surface area contributed by atoms with E-state index in [4.69, 9.17) is 9.82 Å². The molecule has 1 aliphatic heterocycles. The normalized spacial score (nSPS) is 15.6. The summed E-state index contributed by atoms with van der Waals surface area (Å²) < 4.78 is 1.71. The van der Waals surface area contributed by atoms with E-state index >= 15 is 0 Å². The van der Waals surface area contributed by atoms with Gasteiger partial charge >= 0.3 is 0 Å². The van der Waals surface area contributed by atoms with Gasteiger partial charge in [-0.2, -0.15) is 0 Å². The minimum Gasteiger partial charge on any atom is -0.394 e. The fourth-order valence-corrected chi connectivity index (χ4v) is 4.34. The number of aryl methyl sites for hydroxylation is 3. The second kappa shape index (κ2) is 11.4. The maximum absolute atomic E-state index is 9.87. The van der Waals surface area contributed by atoms with E-state index in [0.717, 1.165) is 49.3 Å². The Hall–Kier alpha value is -3.26. The van der Waals surface area contributed by atoms with Crippen molar-refractivity contribution in [1.82, 2.24) is 20.0 Å². The summed E-state index contributed by atoms with van der Waals surface area (Å²) in [5.41, 5.74) is 7.58. The second-order valence-electron chi connectivity index (χ2n) is 9.42. The molecule has 35 heavy (non-hydrogen) atoms. The minimum atomic E-state index is -0.333. The fourth-order valence-electron chi connectivity index (χ4n) is 4.34. The maximum Gasteiger partial charge on any atom is 0.169 e. The van der Waals surface area contributed by atoms with Gasteiger partial charge in [0.2, 0.25) is 0 Å². The minimum absolute atomic E-state index is 0.0154. The Labute approximate surface area is 207 Å². The van der Waals surface area contributed by atoms with E-state index in [1.807, 2.05) is 50.4 Å². The zero-order chi connectivity index (χ0) is 24.8. The Morgan fingerprint density at radius 3 is 2.80 bits per heavy atom. The average Bonchev–Trinajstić information content (AvgIpc) is 3.36. The molecule has 0 saturated heterocycles. The highest BCUT2D eigenvalue weighted by Gasteiger charge is 2.20. The number of pyridine rings is 1. The average molecular weight is 477 g/mol. The largest absolute Gasteiger partial charge is 0.394 e. The quantitative estimate of drug-likeness (QED) is 0.345. The summed E-state index contributed by atoms with van der Waals surface area (Å²) in [6.45, 7) is 10.0. The summed E-state index contributed by atoms with van der Waals surface area (Å²) in [4.78, 5) is 13.0. The van der Waals surface area contributed by atoms with E-state index in [0.29, 0.717) is 12.1 Å². The summed E-state index contributed by atoms with van der Waals surface area (Å²) in [7, 11) is 0. The topological polar surface area (TPSA) is 88.7 Å². The summed E-state index contributed by atoms with van der Waals surface area (Å²) in [5, 5.41) is 22.7. The van der Waals surface area contributed by atoms with Crippen molar-refractivity contribution in [1.29, 1.82) is 0 Å². The number of aliphatic hydroxyl groups is 1. The first-order valence-corrected chi connectivity index (χ1v) is 12.4. The molecule has 0 aliphatic carbocycles. The number of aliphatic hydroxyl groups excluding tert-OH is 1. The van der Waals surface area contributed by atoms with Gasteiger partial charge in [-0.25, -0.2) is 4.68 Å². The molecule has 2 atom stereocenters. The van der Waals surface area contributed by atoms with Gasteiger partial charge in [0.1, 0.15) is 5.69 Å². The number of hydrogen-bond acceptors (Lipinski definition) is 7. The number of fused-ring (bicyclic) bond motifs is 1. The van der Waals surface area contributed by atoms with Crippen LogP contribution >= 0.6 is 0 Å². The van der Waals surface area contributed by atoms with Crippen molar-refractivity contribution in [3.63, 3.8) is 0 Å². The number of rotatable bonds is 10. The molecule has 8 nitrogen and oxygen atoms in total. The predicted octanol–water partition coefficient (Wildman–Crippen LogP) is 4.36. The molecular weight excluding hydrogens is 440 g/mol. The number of oxime groups is 1. The lowest BCUT2D eigenvalue weighted by Crippen LogP contribution is -2.32. The van der Waals surface area contributed by atoms with Crippen molar-refractivity contribution in [2.75, 3.05) is 24.6 Å². The van der Waals surface area contributed by atoms with Crippen LogP contribution in [0.1, 0.15) is 67.0 Å². The lowest BCUT2D eigenvalue weighted by molar-refractivity contribution is 0.0685. The van der Waals surface area contributed by atoms with E-state index in [1.54, 1.807) is 4.68 Å². The zero-order valence-electron chi connectivity index (χ0n) is 21.2. The Morgan fingerprint density at radius 1 is 1.23 bits per heavy atom. The fraction of sp³-hybridized carbons (Fsp3) is 0.481. The standard InChI is InChI=1S/C27H36N6O2/c1-19-15-27-25(28-21(19)3)11-8-13-32(27)14-12-20(2)30-35-22(4)26-17-33(31-29-26)24(18-34)16-23-9-6-5-7-10-23/h5-7,9-10,15,17,22,24,34H,8,11-14,16,18H2,1-4H3/t22-,24-/m0/s1. The van der Waals surface area contributed by atoms with Crippen LogP contribution in [0.5, 0.6) is 0 Å². The lowest BCUT2D eigenvalue weighted by atomic mass is 10.0. The highest BCUT2D eigenvalue weighted by atomic mass is 16.6. The highest BCUT2D eigenvalue weighted by molar-refractivity contribution is 5.82. The molecular formula is C27H36N6O2. The third-order valence-corrected chi connectivity index (χ3v) is 6.66. The van der Waals surface area contributed by atoms with E-state index in [9.17, 15) is 5.11 Å². The van der Waals surface area contributed by atoms with E-state index in [2.05, 4.69) is 40.3 Å². The van der Waals surface area contributed by atoms with E-state index < -0.39 is 0 Å². The van der Waals surface area contributed by atoms with E-state index in [-0.39, 0.29) is 18.8 Å². The SMILES string of the molecule is CC(CCN1CCCc2nc(C)c(C)cc21)=NO[C@@H](C)c1cn([C@H](CO)Cc2ccccc2)nn1. The molecule has 4 rings (SSSR count). The first-order chi connectivity index (χ1) is 16.9. The van der Waals surface area contributed by atoms with Crippen LogP contribution in [0.3, 0.4) is 0 Å². The van der Waals surface area contributed by atoms with Crippen LogP contribution in [-0.4, -0.2) is 50.5 Å². The molecule has 0 saturated carbocycles. The monoisotopic (exact) mass is 476 g/mol. The van der Waals surface area contributed by atoms with Crippen molar-refractivity contribution in [3.8, 4) is 0 Å². The third-order valence-electron chi connectivity index (χ3n) is 6.66. The number of anilines is 1. The molecule has 186 valence electrons. The maximum atomic E-state index is 9.87. The second-order valence-corrected chi connectivity index (χ2v) is 9.42. The van der Waals surface area contributed by atoms with Crippen molar-refractivity contribution in [2.24, 2.45) is 5.16 Å². The predicted molar refractivity (Wildman–Crippen MR) is 138 cm³/mol. The molecule has 0 radical (unpaired) electrons. The highest BCUT2D eigenvalue weighted by Crippen LogP contribution is 2.28. The van der Waals surface area contributed by atoms with Crippen LogP contribution in [0, 0.1) is 13.8 Å². The van der Waals surface area contributed by atoms with E-state index in [1.165, 1.54) is 16.9 Å². The molecule has 0 fully saturated rings. The van der Waals surface area contributed by atoms with Gasteiger partial charge in [-0.15, -0.1) is 5.10 Å². The number of hydrogen-bond donors (Lipinski definition) is 1. The van der Waals surface area contributed by atoms with Crippen LogP contribution in [-0.2, 0) is 17.7 Å². The van der Waals surface area contributed by atoms with Gasteiger partial charge in [-0.3, -0.25) is 4.98 Å². The van der Waals surface area contributed by atoms with Crippen LogP contribution in [0.15, 0.2) is 47.8 Å². The molecule has 3 heterocycles. The van der Waals surface area contributed by atoms with Gasteiger partial charge in [0, 0.05) is 25.2 Å². The number of aromatic nitrogens is 4. The van der Waals surface area contributed by atoms with Crippen LogP contribution < -0.4 is 4.90 Å². The van der Waals surface area contributed by atoms with Gasteiger partial charge in [-0.05, 0) is 64.2 Å². The Morgan fingerprint density at radius 2 is 2.03 bits per heavy atom. The Bertz CT molecular complexity index is 1140. The molecule has 1 aliphatic rings. The zero-order valence-corrected chi connectivity index (χ0v) is 21.2. The molecule has 8 heteroatoms. The first-order valence-electron chi connectivity index (χ1n) is 12.4. The first kappa shape index (κ1) is 24.9.